The summed E-state index contributed by atoms with van der Waals surface area (Å²) in [6.07, 6.45) is 1.54. The molecular formula is C23H14BrClN2O6S. The first kappa shape index (κ1) is 23.8. The van der Waals surface area contributed by atoms with Gasteiger partial charge in [-0.3, -0.25) is 9.69 Å². The van der Waals surface area contributed by atoms with E-state index in [-0.39, 0.29) is 22.8 Å². The van der Waals surface area contributed by atoms with Crippen LogP contribution in [0, 0.1) is 0 Å². The summed E-state index contributed by atoms with van der Waals surface area (Å²) in [5, 5.41) is 19.5. The third-order valence-corrected chi connectivity index (χ3v) is 7.04. The zero-order valence-corrected chi connectivity index (χ0v) is 20.4. The number of nitrogens with zero attached hydrogens (tertiary/aromatic N) is 2. The number of halogens is 2. The minimum absolute atomic E-state index is 0.178. The van der Waals surface area contributed by atoms with Gasteiger partial charge in [-0.1, -0.05) is 11.6 Å². The summed E-state index contributed by atoms with van der Waals surface area (Å²) in [4.78, 5) is 41.7. The summed E-state index contributed by atoms with van der Waals surface area (Å²) < 4.78 is 6.49. The van der Waals surface area contributed by atoms with E-state index in [2.05, 4.69) is 20.9 Å². The molecule has 2 heterocycles. The number of thioether (sulfide) groups is 1. The first-order valence-electron chi connectivity index (χ1n) is 9.55. The number of amides is 1. The molecule has 11 heteroatoms. The van der Waals surface area contributed by atoms with Gasteiger partial charge < -0.3 is 14.6 Å². The molecule has 1 aliphatic rings. The van der Waals surface area contributed by atoms with Crippen LogP contribution in [0.5, 0.6) is 0 Å². The van der Waals surface area contributed by atoms with Crippen LogP contribution in [0.4, 0.5) is 5.69 Å². The molecule has 0 atom stereocenters. The van der Waals surface area contributed by atoms with Crippen molar-refractivity contribution in [1.82, 2.24) is 4.90 Å². The van der Waals surface area contributed by atoms with E-state index >= 15 is 0 Å². The Hall–Kier alpha value is -3.34. The Bertz CT molecular complexity index is 1380. The van der Waals surface area contributed by atoms with Gasteiger partial charge in [-0.2, -0.15) is 0 Å². The van der Waals surface area contributed by atoms with Crippen molar-refractivity contribution in [1.29, 1.82) is 0 Å². The summed E-state index contributed by atoms with van der Waals surface area (Å²) in [6, 6.07) is 12.1. The van der Waals surface area contributed by atoms with E-state index in [4.69, 9.17) is 16.0 Å². The van der Waals surface area contributed by atoms with Crippen LogP contribution in [0.2, 0.25) is 5.02 Å². The molecule has 1 aromatic heterocycles. The molecule has 0 spiro atoms. The molecule has 1 fully saturated rings. The highest BCUT2D eigenvalue weighted by molar-refractivity contribution is 9.10. The third kappa shape index (κ3) is 4.93. The van der Waals surface area contributed by atoms with Crippen molar-refractivity contribution >= 4 is 74.1 Å². The van der Waals surface area contributed by atoms with Gasteiger partial charge in [-0.15, -0.1) is 0 Å². The molecule has 2 N–H and O–H groups in total. The summed E-state index contributed by atoms with van der Waals surface area (Å²) in [5.74, 6) is -2.18. The van der Waals surface area contributed by atoms with E-state index < -0.39 is 11.9 Å². The molecule has 0 radical (unpaired) electrons. The van der Waals surface area contributed by atoms with Gasteiger partial charge in [0, 0.05) is 23.2 Å². The fourth-order valence-electron chi connectivity index (χ4n) is 3.05. The normalized spacial score (nSPS) is 16.0. The summed E-state index contributed by atoms with van der Waals surface area (Å²) in [6.45, 7) is 0. The second-order valence-electron chi connectivity index (χ2n) is 7.08. The molecule has 0 bridgehead atoms. The Balaban J connectivity index is 1.63. The fourth-order valence-corrected chi connectivity index (χ4v) is 4.44. The van der Waals surface area contributed by atoms with Crippen LogP contribution in [-0.4, -0.2) is 45.2 Å². The molecule has 0 saturated carbocycles. The summed E-state index contributed by atoms with van der Waals surface area (Å²) in [5.41, 5.74) is 0.523. The molecule has 1 saturated heterocycles. The first-order chi connectivity index (χ1) is 16.1. The number of hydrogen-bond donors (Lipinski definition) is 2. The maximum absolute atomic E-state index is 12.7. The van der Waals surface area contributed by atoms with Crippen molar-refractivity contribution < 1.29 is 29.0 Å². The summed E-state index contributed by atoms with van der Waals surface area (Å²) >= 11 is 10.6. The molecule has 8 nitrogen and oxygen atoms in total. The number of carbonyl (C=O) groups excluding carboxylic acids is 1. The number of aliphatic imine (C=N–C) groups is 1. The van der Waals surface area contributed by atoms with E-state index in [0.717, 1.165) is 22.3 Å². The maximum Gasteiger partial charge on any atom is 0.335 e. The van der Waals surface area contributed by atoms with E-state index in [1.807, 2.05) is 0 Å². The Morgan fingerprint density at radius 3 is 2.38 bits per heavy atom. The fraction of sp³-hybridized carbons (Fsp3) is 0.0435. The number of carbonyl (C=O) groups is 3. The Morgan fingerprint density at radius 2 is 1.76 bits per heavy atom. The van der Waals surface area contributed by atoms with Crippen LogP contribution in [0.25, 0.3) is 17.4 Å². The SMILES string of the molecule is CN1C(=O)/C(=C/c2ccc(-c3cc(C(=O)O)cc(C(=O)O)c3)o2)SC1=Nc1ccc(Br)c(Cl)c1. The first-order valence-corrected chi connectivity index (χ1v) is 11.5. The van der Waals surface area contributed by atoms with Gasteiger partial charge >= 0.3 is 11.9 Å². The van der Waals surface area contributed by atoms with Crippen LogP contribution in [0.3, 0.4) is 0 Å². The maximum atomic E-state index is 12.7. The molecule has 172 valence electrons. The van der Waals surface area contributed by atoms with Crippen molar-refractivity contribution in [3.8, 4) is 11.3 Å². The van der Waals surface area contributed by atoms with Crippen LogP contribution in [-0.2, 0) is 4.79 Å². The predicted octanol–water partition coefficient (Wildman–Crippen LogP) is 5.99. The van der Waals surface area contributed by atoms with Crippen molar-refractivity contribution in [3.63, 3.8) is 0 Å². The zero-order chi connectivity index (χ0) is 24.6. The van der Waals surface area contributed by atoms with Gasteiger partial charge in [0.15, 0.2) is 5.17 Å². The summed E-state index contributed by atoms with van der Waals surface area (Å²) in [7, 11) is 1.61. The molecule has 34 heavy (non-hydrogen) atoms. The number of rotatable bonds is 5. The van der Waals surface area contributed by atoms with E-state index in [1.165, 1.54) is 17.0 Å². The van der Waals surface area contributed by atoms with Crippen LogP contribution in [0.15, 0.2) is 67.3 Å². The quantitative estimate of drug-likeness (QED) is 0.367. The zero-order valence-electron chi connectivity index (χ0n) is 17.3. The van der Waals surface area contributed by atoms with Crippen LogP contribution in [0.1, 0.15) is 26.5 Å². The smallest absolute Gasteiger partial charge is 0.335 e. The number of carboxylic acids is 2. The van der Waals surface area contributed by atoms with E-state index in [0.29, 0.717) is 32.1 Å². The molecule has 1 amide bonds. The van der Waals surface area contributed by atoms with Crippen molar-refractivity contribution in [3.05, 3.63) is 79.8 Å². The molecule has 1 aliphatic heterocycles. The highest BCUT2D eigenvalue weighted by Crippen LogP contribution is 2.35. The largest absolute Gasteiger partial charge is 0.478 e. The van der Waals surface area contributed by atoms with Crippen LogP contribution < -0.4 is 0 Å². The molecular weight excluding hydrogens is 548 g/mol. The molecule has 3 aromatic rings. The van der Waals surface area contributed by atoms with Gasteiger partial charge in [0.2, 0.25) is 0 Å². The molecule has 2 aromatic carbocycles. The Labute approximate surface area is 210 Å². The lowest BCUT2D eigenvalue weighted by Gasteiger charge is -2.07. The van der Waals surface area contributed by atoms with Gasteiger partial charge in [0.25, 0.3) is 5.91 Å². The van der Waals surface area contributed by atoms with Crippen molar-refractivity contribution in [2.75, 3.05) is 7.05 Å². The molecule has 0 aliphatic carbocycles. The Morgan fingerprint density at radius 1 is 1.09 bits per heavy atom. The second kappa shape index (κ2) is 9.49. The number of carboxylic acid groups (broad SMARTS) is 2. The topological polar surface area (TPSA) is 120 Å². The number of amidine groups is 1. The standard InChI is InChI=1S/C23H14BrClN2O6S/c1-27-20(28)19(34-23(27)26-14-2-4-16(24)17(25)9-14)10-15-3-5-18(33-15)11-6-12(21(29)30)8-13(7-11)22(31)32/h2-10H,1H3,(H,29,30)(H,31,32)/b19-10-,26-23?. The number of hydrogen-bond acceptors (Lipinski definition) is 6. The van der Waals surface area contributed by atoms with Gasteiger partial charge in [-0.05, 0) is 76.2 Å². The minimum Gasteiger partial charge on any atom is -0.478 e. The lowest BCUT2D eigenvalue weighted by atomic mass is 10.0. The predicted molar refractivity (Wildman–Crippen MR) is 133 cm³/mol. The monoisotopic (exact) mass is 560 g/mol. The number of benzene rings is 2. The third-order valence-electron chi connectivity index (χ3n) is 4.74. The van der Waals surface area contributed by atoms with E-state index in [9.17, 15) is 24.6 Å². The second-order valence-corrected chi connectivity index (χ2v) is 9.35. The van der Waals surface area contributed by atoms with Crippen molar-refractivity contribution in [2.24, 2.45) is 4.99 Å². The average Bonchev–Trinajstić information content (AvgIpc) is 3.37. The number of likely N-dealkylation sites (N-methyl/N-ethyl adjacent to an activating group) is 1. The molecule has 4 rings (SSSR count). The van der Waals surface area contributed by atoms with Gasteiger partial charge in [-0.25, -0.2) is 14.6 Å². The molecule has 0 unspecified atom stereocenters. The lowest BCUT2D eigenvalue weighted by molar-refractivity contribution is -0.121. The van der Waals surface area contributed by atoms with Crippen LogP contribution >= 0.6 is 39.3 Å². The number of aromatic carboxylic acids is 2. The van der Waals surface area contributed by atoms with Gasteiger partial charge in [0.1, 0.15) is 11.5 Å². The van der Waals surface area contributed by atoms with E-state index in [1.54, 1.807) is 43.5 Å². The highest BCUT2D eigenvalue weighted by Gasteiger charge is 2.30. The Kier molecular flexibility index (Phi) is 6.65. The van der Waals surface area contributed by atoms with Crippen molar-refractivity contribution in [2.45, 2.75) is 0 Å². The lowest BCUT2D eigenvalue weighted by Crippen LogP contribution is -2.23. The highest BCUT2D eigenvalue weighted by atomic mass is 79.9. The van der Waals surface area contributed by atoms with Gasteiger partial charge in [0.05, 0.1) is 26.7 Å². The number of furan rings is 1. The minimum atomic E-state index is -1.26. The average molecular weight is 562 g/mol.